The highest BCUT2D eigenvalue weighted by atomic mass is 19.1. The molecule has 0 spiro atoms. The van der Waals surface area contributed by atoms with Gasteiger partial charge in [-0.1, -0.05) is 36.4 Å². The van der Waals surface area contributed by atoms with Crippen molar-refractivity contribution in [1.82, 2.24) is 0 Å². The number of halogens is 1. The normalized spacial score (nSPS) is 12.1. The highest BCUT2D eigenvalue weighted by Gasteiger charge is 2.11. The van der Waals surface area contributed by atoms with E-state index in [4.69, 9.17) is 9.84 Å². The molecule has 0 aliphatic rings. The van der Waals surface area contributed by atoms with E-state index in [1.165, 1.54) is 12.1 Å². The zero-order valence-corrected chi connectivity index (χ0v) is 11.0. The number of carbonyl (C=O) groups is 1. The van der Waals surface area contributed by atoms with Crippen LogP contribution in [0.15, 0.2) is 48.5 Å². The molecule has 1 N–H and O–H groups in total. The van der Waals surface area contributed by atoms with Crippen LogP contribution >= 0.6 is 0 Å². The van der Waals surface area contributed by atoms with E-state index < -0.39 is 11.8 Å². The second-order valence-corrected chi connectivity index (χ2v) is 4.48. The molecule has 2 rings (SSSR count). The number of hydrogen-bond acceptors (Lipinski definition) is 2. The molecule has 0 radical (unpaired) electrons. The molecule has 0 fully saturated rings. The highest BCUT2D eigenvalue weighted by molar-refractivity contribution is 5.87. The molecular weight excluding hydrogens is 259 g/mol. The Kier molecular flexibility index (Phi) is 4.48. The third kappa shape index (κ3) is 3.42. The van der Waals surface area contributed by atoms with E-state index in [2.05, 4.69) is 0 Å². The van der Waals surface area contributed by atoms with Gasteiger partial charge in [-0.15, -0.1) is 0 Å². The summed E-state index contributed by atoms with van der Waals surface area (Å²) in [6.45, 7) is 2.14. The molecule has 20 heavy (non-hydrogen) atoms. The minimum absolute atomic E-state index is 0.113. The van der Waals surface area contributed by atoms with Gasteiger partial charge in [-0.05, 0) is 30.2 Å². The van der Waals surface area contributed by atoms with Gasteiger partial charge in [0.2, 0.25) is 0 Å². The molecule has 1 unspecified atom stereocenters. The summed E-state index contributed by atoms with van der Waals surface area (Å²) < 4.78 is 19.2. The van der Waals surface area contributed by atoms with Gasteiger partial charge in [0.25, 0.3) is 0 Å². The molecule has 0 heterocycles. The lowest BCUT2D eigenvalue weighted by molar-refractivity contribution is 0.0523. The fraction of sp³-hybridized carbons (Fsp3) is 0.188. The smallest absolute Gasteiger partial charge is 0.338 e. The SMILES string of the molecule is CC(OCc1ccc(C(=O)O)c(F)c1)c1ccccc1. The minimum atomic E-state index is -1.27. The Balaban J connectivity index is 2.01. The van der Waals surface area contributed by atoms with Crippen LogP contribution < -0.4 is 0 Å². The maximum Gasteiger partial charge on any atom is 0.338 e. The second kappa shape index (κ2) is 6.30. The van der Waals surface area contributed by atoms with Crippen LogP contribution in [0.4, 0.5) is 4.39 Å². The van der Waals surface area contributed by atoms with E-state index in [0.29, 0.717) is 5.56 Å². The number of hydrogen-bond donors (Lipinski definition) is 1. The van der Waals surface area contributed by atoms with Crippen molar-refractivity contribution < 1.29 is 19.0 Å². The standard InChI is InChI=1S/C16H15FO3/c1-11(13-5-3-2-4-6-13)20-10-12-7-8-14(16(18)19)15(17)9-12/h2-9,11H,10H2,1H3,(H,18,19). The van der Waals surface area contributed by atoms with Gasteiger partial charge in [-0.3, -0.25) is 0 Å². The molecule has 0 aliphatic carbocycles. The maximum atomic E-state index is 13.5. The van der Waals surface area contributed by atoms with Crippen molar-refractivity contribution in [2.75, 3.05) is 0 Å². The summed E-state index contributed by atoms with van der Waals surface area (Å²) in [6.07, 6.45) is -0.113. The summed E-state index contributed by atoms with van der Waals surface area (Å²) in [6, 6.07) is 13.7. The third-order valence-corrected chi connectivity index (χ3v) is 3.03. The molecule has 0 saturated carbocycles. The van der Waals surface area contributed by atoms with E-state index >= 15 is 0 Å². The number of carboxylic acids is 1. The summed E-state index contributed by atoms with van der Waals surface area (Å²) in [4.78, 5) is 10.7. The zero-order valence-electron chi connectivity index (χ0n) is 11.0. The molecule has 0 bridgehead atoms. The Morgan fingerprint density at radius 3 is 2.55 bits per heavy atom. The van der Waals surface area contributed by atoms with Crippen LogP contribution in [-0.4, -0.2) is 11.1 Å². The van der Waals surface area contributed by atoms with E-state index in [1.54, 1.807) is 6.07 Å². The number of ether oxygens (including phenoxy) is 1. The van der Waals surface area contributed by atoms with E-state index in [1.807, 2.05) is 37.3 Å². The predicted molar refractivity (Wildman–Crippen MR) is 73.0 cm³/mol. The quantitative estimate of drug-likeness (QED) is 0.902. The minimum Gasteiger partial charge on any atom is -0.478 e. The summed E-state index contributed by atoms with van der Waals surface area (Å²) in [7, 11) is 0. The topological polar surface area (TPSA) is 46.5 Å². The summed E-state index contributed by atoms with van der Waals surface area (Å²) >= 11 is 0. The van der Waals surface area contributed by atoms with Crippen molar-refractivity contribution in [2.24, 2.45) is 0 Å². The monoisotopic (exact) mass is 274 g/mol. The van der Waals surface area contributed by atoms with Crippen LogP contribution in [0.1, 0.15) is 34.5 Å². The van der Waals surface area contributed by atoms with Crippen molar-refractivity contribution in [2.45, 2.75) is 19.6 Å². The van der Waals surface area contributed by atoms with Gasteiger partial charge in [0.15, 0.2) is 0 Å². The van der Waals surface area contributed by atoms with Gasteiger partial charge < -0.3 is 9.84 Å². The molecular formula is C16H15FO3. The summed E-state index contributed by atoms with van der Waals surface area (Å²) in [5.74, 6) is -2.02. The first-order valence-corrected chi connectivity index (χ1v) is 6.26. The molecule has 4 heteroatoms. The zero-order chi connectivity index (χ0) is 14.5. The molecule has 3 nitrogen and oxygen atoms in total. The lowest BCUT2D eigenvalue weighted by Gasteiger charge is -2.13. The first-order chi connectivity index (χ1) is 9.58. The summed E-state index contributed by atoms with van der Waals surface area (Å²) in [5.41, 5.74) is 1.32. The van der Waals surface area contributed by atoms with E-state index in [9.17, 15) is 9.18 Å². The summed E-state index contributed by atoms with van der Waals surface area (Å²) in [5, 5.41) is 8.75. The number of rotatable bonds is 5. The molecule has 104 valence electrons. The van der Waals surface area contributed by atoms with Crippen LogP contribution in [0, 0.1) is 5.82 Å². The van der Waals surface area contributed by atoms with E-state index in [0.717, 1.165) is 5.56 Å². The fourth-order valence-corrected chi connectivity index (χ4v) is 1.86. The lowest BCUT2D eigenvalue weighted by Crippen LogP contribution is -2.03. The average molecular weight is 274 g/mol. The molecule has 0 amide bonds. The molecule has 2 aromatic carbocycles. The first-order valence-electron chi connectivity index (χ1n) is 6.26. The third-order valence-electron chi connectivity index (χ3n) is 3.03. The Bertz CT molecular complexity index is 596. The Labute approximate surface area is 116 Å². The predicted octanol–water partition coefficient (Wildman–Crippen LogP) is 3.80. The largest absolute Gasteiger partial charge is 0.478 e. The second-order valence-electron chi connectivity index (χ2n) is 4.48. The number of aromatic carboxylic acids is 1. The van der Waals surface area contributed by atoms with Gasteiger partial charge in [-0.25, -0.2) is 9.18 Å². The number of carboxylic acid groups (broad SMARTS) is 1. The van der Waals surface area contributed by atoms with Crippen LogP contribution in [0.3, 0.4) is 0 Å². The first kappa shape index (κ1) is 14.2. The van der Waals surface area contributed by atoms with Crippen molar-refractivity contribution in [3.63, 3.8) is 0 Å². The molecule has 0 aliphatic heterocycles. The van der Waals surface area contributed by atoms with Crippen molar-refractivity contribution >= 4 is 5.97 Å². The molecule has 0 aromatic heterocycles. The molecule has 1 atom stereocenters. The van der Waals surface area contributed by atoms with Gasteiger partial charge >= 0.3 is 5.97 Å². The van der Waals surface area contributed by atoms with Crippen molar-refractivity contribution in [1.29, 1.82) is 0 Å². The van der Waals surface area contributed by atoms with Gasteiger partial charge in [0, 0.05) is 0 Å². The van der Waals surface area contributed by atoms with Gasteiger partial charge in [0.1, 0.15) is 5.82 Å². The van der Waals surface area contributed by atoms with Crippen molar-refractivity contribution in [3.05, 3.63) is 71.0 Å². The van der Waals surface area contributed by atoms with Crippen LogP contribution in [0.2, 0.25) is 0 Å². The maximum absolute atomic E-state index is 13.5. The van der Waals surface area contributed by atoms with Gasteiger partial charge in [-0.2, -0.15) is 0 Å². The lowest BCUT2D eigenvalue weighted by atomic mass is 10.1. The van der Waals surface area contributed by atoms with Crippen LogP contribution in [0.25, 0.3) is 0 Å². The van der Waals surface area contributed by atoms with E-state index in [-0.39, 0.29) is 18.3 Å². The van der Waals surface area contributed by atoms with Crippen molar-refractivity contribution in [3.8, 4) is 0 Å². The van der Waals surface area contributed by atoms with Crippen LogP contribution in [0.5, 0.6) is 0 Å². The Morgan fingerprint density at radius 1 is 1.25 bits per heavy atom. The Morgan fingerprint density at radius 2 is 1.95 bits per heavy atom. The number of benzene rings is 2. The van der Waals surface area contributed by atoms with Crippen LogP contribution in [-0.2, 0) is 11.3 Å². The molecule has 0 saturated heterocycles. The molecule has 2 aromatic rings. The highest BCUT2D eigenvalue weighted by Crippen LogP contribution is 2.19. The Hall–Kier alpha value is -2.20. The van der Waals surface area contributed by atoms with Gasteiger partial charge in [0.05, 0.1) is 18.3 Å². The fourth-order valence-electron chi connectivity index (χ4n) is 1.86. The average Bonchev–Trinajstić information content (AvgIpc) is 2.45.